The third kappa shape index (κ3) is 1.78. The van der Waals surface area contributed by atoms with Gasteiger partial charge in [-0.25, -0.2) is 0 Å². The van der Waals surface area contributed by atoms with E-state index in [2.05, 4.69) is 0 Å². The van der Waals surface area contributed by atoms with Gasteiger partial charge in [0.15, 0.2) is 0 Å². The van der Waals surface area contributed by atoms with Crippen molar-refractivity contribution in [3.63, 3.8) is 0 Å². The first-order chi connectivity index (χ1) is 8.08. The summed E-state index contributed by atoms with van der Waals surface area (Å²) in [6, 6.07) is 3.95. The maximum atomic E-state index is 10.3. The van der Waals surface area contributed by atoms with E-state index in [0.717, 1.165) is 24.8 Å². The SMILES string of the molecule is N[C@H]1CC[C@@H]2c3cc(Cl)c(Cl)cc3C[C@H]1C2O. The van der Waals surface area contributed by atoms with E-state index in [1.807, 2.05) is 12.1 Å². The average molecular weight is 272 g/mol. The lowest BCUT2D eigenvalue weighted by Crippen LogP contribution is -2.49. The summed E-state index contributed by atoms with van der Waals surface area (Å²) in [6.45, 7) is 0. The Kier molecular flexibility index (Phi) is 2.86. The van der Waals surface area contributed by atoms with Gasteiger partial charge in [-0.05, 0) is 42.5 Å². The summed E-state index contributed by atoms with van der Waals surface area (Å²) < 4.78 is 0. The summed E-state index contributed by atoms with van der Waals surface area (Å²) in [4.78, 5) is 0. The van der Waals surface area contributed by atoms with Gasteiger partial charge in [-0.15, -0.1) is 0 Å². The number of benzene rings is 1. The standard InChI is InChI=1S/C13H15Cl2NO/c14-10-4-6-3-9-12(16)2-1-7(13(9)17)8(6)5-11(10)15/h4-5,7,9,12-13,17H,1-3,16H2/t7-,9-,12+,13?/m1/s1. The van der Waals surface area contributed by atoms with Crippen LogP contribution in [0, 0.1) is 5.92 Å². The van der Waals surface area contributed by atoms with E-state index in [1.54, 1.807) is 0 Å². The zero-order valence-electron chi connectivity index (χ0n) is 9.37. The Morgan fingerprint density at radius 1 is 1.18 bits per heavy atom. The fourth-order valence-electron chi connectivity index (χ4n) is 3.30. The van der Waals surface area contributed by atoms with Crippen LogP contribution in [0.2, 0.25) is 10.0 Å². The van der Waals surface area contributed by atoms with Gasteiger partial charge >= 0.3 is 0 Å². The van der Waals surface area contributed by atoms with Gasteiger partial charge in [-0.3, -0.25) is 0 Å². The van der Waals surface area contributed by atoms with Crippen LogP contribution in [-0.4, -0.2) is 17.3 Å². The van der Waals surface area contributed by atoms with Crippen LogP contribution in [0.25, 0.3) is 0 Å². The third-order valence-electron chi connectivity index (χ3n) is 4.25. The van der Waals surface area contributed by atoms with E-state index in [1.165, 1.54) is 5.56 Å². The summed E-state index contributed by atoms with van der Waals surface area (Å²) in [5.74, 6) is 0.344. The van der Waals surface area contributed by atoms with Gasteiger partial charge in [0.1, 0.15) is 0 Å². The molecular weight excluding hydrogens is 257 g/mol. The predicted octanol–water partition coefficient (Wildman–Crippen LogP) is 2.73. The van der Waals surface area contributed by atoms with Crippen molar-refractivity contribution in [2.45, 2.75) is 37.3 Å². The van der Waals surface area contributed by atoms with Crippen LogP contribution in [-0.2, 0) is 6.42 Å². The molecule has 3 N–H and O–H groups in total. The quantitative estimate of drug-likeness (QED) is 0.762. The number of halogens is 2. The van der Waals surface area contributed by atoms with Crippen molar-refractivity contribution in [2.75, 3.05) is 0 Å². The summed E-state index contributed by atoms with van der Waals surface area (Å²) in [5.41, 5.74) is 8.45. The molecule has 4 atom stereocenters. The minimum atomic E-state index is -0.330. The molecule has 0 spiro atoms. The Morgan fingerprint density at radius 3 is 2.65 bits per heavy atom. The predicted molar refractivity (Wildman–Crippen MR) is 69.6 cm³/mol. The molecule has 0 aliphatic heterocycles. The lowest BCUT2D eigenvalue weighted by atomic mass is 9.65. The van der Waals surface area contributed by atoms with Crippen LogP contribution < -0.4 is 5.73 Å². The van der Waals surface area contributed by atoms with E-state index in [9.17, 15) is 5.11 Å². The fraction of sp³-hybridized carbons (Fsp3) is 0.538. The minimum absolute atomic E-state index is 0.101. The van der Waals surface area contributed by atoms with E-state index in [-0.39, 0.29) is 24.0 Å². The van der Waals surface area contributed by atoms with E-state index in [0.29, 0.717) is 10.0 Å². The van der Waals surface area contributed by atoms with Crippen molar-refractivity contribution in [2.24, 2.45) is 11.7 Å². The molecule has 0 amide bonds. The largest absolute Gasteiger partial charge is 0.392 e. The fourth-order valence-corrected chi connectivity index (χ4v) is 3.66. The van der Waals surface area contributed by atoms with Gasteiger partial charge < -0.3 is 10.8 Å². The second kappa shape index (κ2) is 4.13. The molecule has 2 bridgehead atoms. The lowest BCUT2D eigenvalue weighted by molar-refractivity contribution is 0.0284. The van der Waals surface area contributed by atoms with Crippen molar-refractivity contribution < 1.29 is 5.11 Å². The normalized spacial score (nSPS) is 35.5. The van der Waals surface area contributed by atoms with Gasteiger partial charge in [0.25, 0.3) is 0 Å². The van der Waals surface area contributed by atoms with E-state index in [4.69, 9.17) is 28.9 Å². The number of fused-ring (bicyclic) bond motifs is 4. The van der Waals surface area contributed by atoms with Gasteiger partial charge in [-0.2, -0.15) is 0 Å². The highest BCUT2D eigenvalue weighted by Crippen LogP contribution is 2.45. The van der Waals surface area contributed by atoms with Crippen molar-refractivity contribution >= 4 is 23.2 Å². The Hall–Kier alpha value is -0.280. The Labute approximate surface area is 111 Å². The highest BCUT2D eigenvalue weighted by atomic mass is 35.5. The summed E-state index contributed by atoms with van der Waals surface area (Å²) in [7, 11) is 0. The highest BCUT2D eigenvalue weighted by Gasteiger charge is 2.42. The first-order valence-electron chi connectivity index (χ1n) is 5.99. The molecule has 1 aromatic carbocycles. The second-order valence-corrected chi connectivity index (χ2v) is 5.99. The van der Waals surface area contributed by atoms with Crippen molar-refractivity contribution in [1.29, 1.82) is 0 Å². The average Bonchev–Trinajstić information content (AvgIpc) is 2.27. The van der Waals surface area contributed by atoms with Crippen LogP contribution in [0.15, 0.2) is 12.1 Å². The Balaban J connectivity index is 2.10. The van der Waals surface area contributed by atoms with E-state index >= 15 is 0 Å². The molecule has 1 fully saturated rings. The van der Waals surface area contributed by atoms with Gasteiger partial charge in [0, 0.05) is 17.9 Å². The monoisotopic (exact) mass is 271 g/mol. The first-order valence-corrected chi connectivity index (χ1v) is 6.75. The molecule has 1 unspecified atom stereocenters. The molecule has 2 aliphatic rings. The lowest BCUT2D eigenvalue weighted by Gasteiger charge is -2.44. The maximum Gasteiger partial charge on any atom is 0.0654 e. The molecule has 1 aromatic rings. The minimum Gasteiger partial charge on any atom is -0.392 e. The summed E-state index contributed by atoms with van der Waals surface area (Å²) >= 11 is 12.1. The molecule has 0 aromatic heterocycles. The second-order valence-electron chi connectivity index (χ2n) is 5.17. The molecule has 2 nitrogen and oxygen atoms in total. The first kappa shape index (κ1) is 11.8. The molecule has 0 heterocycles. The molecule has 3 rings (SSSR count). The summed E-state index contributed by atoms with van der Waals surface area (Å²) in [6.07, 6.45) is 2.39. The molecule has 2 aliphatic carbocycles. The van der Waals surface area contributed by atoms with Gasteiger partial charge in [0.05, 0.1) is 16.1 Å². The Morgan fingerprint density at radius 2 is 1.88 bits per heavy atom. The topological polar surface area (TPSA) is 46.2 Å². The van der Waals surface area contributed by atoms with E-state index < -0.39 is 0 Å². The number of aliphatic hydroxyl groups is 1. The zero-order chi connectivity index (χ0) is 12.2. The molecule has 1 saturated carbocycles. The molecule has 4 heteroatoms. The van der Waals surface area contributed by atoms with Gasteiger partial charge in [0.2, 0.25) is 0 Å². The molecular formula is C13H15Cl2NO. The number of rotatable bonds is 0. The van der Waals surface area contributed by atoms with Crippen LogP contribution in [0.5, 0.6) is 0 Å². The summed E-state index contributed by atoms with van der Waals surface area (Å²) in [5, 5.41) is 11.5. The van der Waals surface area contributed by atoms with Crippen LogP contribution in [0.4, 0.5) is 0 Å². The molecule has 0 saturated heterocycles. The third-order valence-corrected chi connectivity index (χ3v) is 4.97. The molecule has 0 radical (unpaired) electrons. The smallest absolute Gasteiger partial charge is 0.0654 e. The number of aliphatic hydroxyl groups excluding tert-OH is 1. The highest BCUT2D eigenvalue weighted by molar-refractivity contribution is 6.42. The van der Waals surface area contributed by atoms with Gasteiger partial charge in [-0.1, -0.05) is 23.2 Å². The van der Waals surface area contributed by atoms with Crippen molar-refractivity contribution in [3.05, 3.63) is 33.3 Å². The van der Waals surface area contributed by atoms with Crippen molar-refractivity contribution in [1.82, 2.24) is 0 Å². The molecule has 92 valence electrons. The maximum absolute atomic E-state index is 10.3. The number of nitrogens with two attached hydrogens (primary N) is 1. The number of hydrogen-bond donors (Lipinski definition) is 2. The molecule has 17 heavy (non-hydrogen) atoms. The van der Waals surface area contributed by atoms with Crippen LogP contribution >= 0.6 is 23.2 Å². The van der Waals surface area contributed by atoms with Crippen LogP contribution in [0.1, 0.15) is 29.9 Å². The Bertz CT molecular complexity index is 463. The zero-order valence-corrected chi connectivity index (χ0v) is 10.9. The van der Waals surface area contributed by atoms with Crippen molar-refractivity contribution in [3.8, 4) is 0 Å². The van der Waals surface area contributed by atoms with Crippen LogP contribution in [0.3, 0.4) is 0 Å². The number of hydrogen-bond acceptors (Lipinski definition) is 2.